The van der Waals surface area contributed by atoms with Gasteiger partial charge in [-0.3, -0.25) is 19.2 Å². The molecule has 2 rings (SSSR count). The number of carboxylic acids is 1. The van der Waals surface area contributed by atoms with E-state index in [9.17, 15) is 24.3 Å². The lowest BCUT2D eigenvalue weighted by atomic mass is 10.0. The van der Waals surface area contributed by atoms with Crippen LogP contribution in [0.5, 0.6) is 5.75 Å². The van der Waals surface area contributed by atoms with Crippen LogP contribution in [0.25, 0.3) is 0 Å². The number of phenols is 1. The summed E-state index contributed by atoms with van der Waals surface area (Å²) in [5.74, 6) is -2.60. The van der Waals surface area contributed by atoms with E-state index < -0.39 is 42.0 Å². The summed E-state index contributed by atoms with van der Waals surface area (Å²) < 4.78 is 0. The molecule has 1 saturated heterocycles. The molecule has 3 amide bonds. The van der Waals surface area contributed by atoms with Gasteiger partial charge in [-0.25, -0.2) is 0 Å². The molecule has 0 spiro atoms. The van der Waals surface area contributed by atoms with Gasteiger partial charge in [-0.05, 0) is 69.8 Å². The minimum Gasteiger partial charge on any atom is -0.508 e. The number of benzene rings is 1. The third-order valence-corrected chi connectivity index (χ3v) is 5.70. The second-order valence-electron chi connectivity index (χ2n) is 8.49. The van der Waals surface area contributed by atoms with E-state index in [1.165, 1.54) is 19.1 Å². The van der Waals surface area contributed by atoms with Gasteiger partial charge in [0.05, 0.1) is 6.04 Å². The Labute approximate surface area is 198 Å². The molecule has 188 valence electrons. The van der Waals surface area contributed by atoms with Crippen LogP contribution in [0.2, 0.25) is 0 Å². The maximum absolute atomic E-state index is 13.2. The van der Waals surface area contributed by atoms with E-state index in [4.69, 9.17) is 10.8 Å². The Morgan fingerprint density at radius 2 is 1.74 bits per heavy atom. The number of carbonyl (C=O) groups is 4. The molecule has 1 aromatic rings. The van der Waals surface area contributed by atoms with Crippen molar-refractivity contribution in [3.05, 3.63) is 29.8 Å². The van der Waals surface area contributed by atoms with Crippen molar-refractivity contribution >= 4 is 23.7 Å². The topological polar surface area (TPSA) is 183 Å². The molecule has 11 heteroatoms. The predicted octanol–water partition coefficient (Wildman–Crippen LogP) is -0.625. The number of aliphatic carboxylic acids is 1. The number of rotatable bonds is 13. The van der Waals surface area contributed by atoms with Gasteiger partial charge in [-0.2, -0.15) is 0 Å². The first-order chi connectivity index (χ1) is 16.2. The van der Waals surface area contributed by atoms with Crippen LogP contribution in [0.15, 0.2) is 24.3 Å². The Morgan fingerprint density at radius 1 is 1.06 bits per heavy atom. The molecular weight excluding hydrogens is 442 g/mol. The fourth-order valence-electron chi connectivity index (χ4n) is 3.67. The van der Waals surface area contributed by atoms with Gasteiger partial charge >= 0.3 is 5.97 Å². The Balaban J connectivity index is 2.16. The molecule has 34 heavy (non-hydrogen) atoms. The van der Waals surface area contributed by atoms with Gasteiger partial charge in [0.1, 0.15) is 23.9 Å². The highest BCUT2D eigenvalue weighted by atomic mass is 16.4. The average molecular weight is 478 g/mol. The first kappa shape index (κ1) is 27.1. The number of carbonyl (C=O) groups excluding carboxylic acids is 3. The van der Waals surface area contributed by atoms with Gasteiger partial charge in [0.2, 0.25) is 17.7 Å². The molecule has 1 aliphatic rings. The van der Waals surface area contributed by atoms with E-state index in [-0.39, 0.29) is 24.5 Å². The van der Waals surface area contributed by atoms with Crippen LogP contribution in [0.1, 0.15) is 44.6 Å². The van der Waals surface area contributed by atoms with E-state index in [1.54, 1.807) is 12.1 Å². The predicted molar refractivity (Wildman–Crippen MR) is 125 cm³/mol. The molecule has 4 unspecified atom stereocenters. The fourth-order valence-corrected chi connectivity index (χ4v) is 3.67. The highest BCUT2D eigenvalue weighted by Crippen LogP contribution is 2.13. The van der Waals surface area contributed by atoms with Gasteiger partial charge < -0.3 is 37.2 Å². The summed E-state index contributed by atoms with van der Waals surface area (Å²) in [5.41, 5.74) is 6.24. The molecule has 0 bridgehead atoms. The smallest absolute Gasteiger partial charge is 0.325 e. The molecule has 0 saturated carbocycles. The second kappa shape index (κ2) is 13.5. The zero-order chi connectivity index (χ0) is 25.1. The number of nitrogens with two attached hydrogens (primary N) is 1. The molecule has 11 nitrogen and oxygen atoms in total. The zero-order valence-corrected chi connectivity index (χ0v) is 19.4. The van der Waals surface area contributed by atoms with Gasteiger partial charge in [0.25, 0.3) is 0 Å². The normalized spacial score (nSPS) is 17.9. The monoisotopic (exact) mass is 477 g/mol. The number of amides is 3. The highest BCUT2D eigenvalue weighted by Gasteiger charge is 2.30. The van der Waals surface area contributed by atoms with Gasteiger partial charge in [0, 0.05) is 6.42 Å². The standard InChI is InChI=1S/C23H35N5O6/c1-14(23(33)34)26-21(31)18(5-2-3-11-24)27-22(32)19(13-15-7-9-16(29)10-8-15)28-20(30)17-6-4-12-25-17/h7-10,14,17-19,25,29H,2-6,11-13,24H2,1H3,(H,26,31)(H,27,32)(H,28,30)(H,33,34). The van der Waals surface area contributed by atoms with Crippen LogP contribution in [0.4, 0.5) is 0 Å². The number of hydrogen-bond acceptors (Lipinski definition) is 7. The first-order valence-electron chi connectivity index (χ1n) is 11.6. The lowest BCUT2D eigenvalue weighted by Gasteiger charge is -2.25. The SMILES string of the molecule is CC(NC(=O)C(CCCCN)NC(=O)C(Cc1ccc(O)cc1)NC(=O)C1CCCN1)C(=O)O. The molecule has 8 N–H and O–H groups in total. The van der Waals surface area contributed by atoms with Gasteiger partial charge in [-0.15, -0.1) is 0 Å². The second-order valence-corrected chi connectivity index (χ2v) is 8.49. The summed E-state index contributed by atoms with van der Waals surface area (Å²) in [4.78, 5) is 49.7. The molecule has 1 fully saturated rings. The van der Waals surface area contributed by atoms with Crippen molar-refractivity contribution in [3.63, 3.8) is 0 Å². The first-order valence-corrected chi connectivity index (χ1v) is 11.6. The largest absolute Gasteiger partial charge is 0.508 e. The van der Waals surface area contributed by atoms with Crippen molar-refractivity contribution < 1.29 is 29.4 Å². The van der Waals surface area contributed by atoms with Crippen LogP contribution in [0.3, 0.4) is 0 Å². The van der Waals surface area contributed by atoms with Crippen molar-refractivity contribution in [2.75, 3.05) is 13.1 Å². The van der Waals surface area contributed by atoms with Crippen molar-refractivity contribution in [2.24, 2.45) is 5.73 Å². The third kappa shape index (κ3) is 8.64. The van der Waals surface area contributed by atoms with Crippen LogP contribution in [0, 0.1) is 0 Å². The van der Waals surface area contributed by atoms with E-state index in [0.717, 1.165) is 13.0 Å². The van der Waals surface area contributed by atoms with Gasteiger partial charge in [0.15, 0.2) is 0 Å². The quantitative estimate of drug-likeness (QED) is 0.183. The van der Waals surface area contributed by atoms with E-state index >= 15 is 0 Å². The number of nitrogens with one attached hydrogen (secondary N) is 4. The summed E-state index contributed by atoms with van der Waals surface area (Å²) in [6.45, 7) is 2.47. The Kier molecular flexibility index (Phi) is 10.8. The molecule has 1 heterocycles. The zero-order valence-electron chi connectivity index (χ0n) is 19.4. The maximum atomic E-state index is 13.2. The maximum Gasteiger partial charge on any atom is 0.325 e. The van der Waals surface area contributed by atoms with Crippen molar-refractivity contribution in [1.82, 2.24) is 21.3 Å². The summed E-state index contributed by atoms with van der Waals surface area (Å²) in [6.07, 6.45) is 3.12. The molecule has 0 radical (unpaired) electrons. The molecule has 0 aromatic heterocycles. The van der Waals surface area contributed by atoms with Crippen molar-refractivity contribution in [2.45, 2.75) is 69.6 Å². The lowest BCUT2D eigenvalue weighted by Crippen LogP contribution is -2.57. The molecular formula is C23H35N5O6. The van der Waals surface area contributed by atoms with Crippen LogP contribution in [-0.4, -0.2) is 71.2 Å². The van der Waals surface area contributed by atoms with Crippen molar-refractivity contribution in [1.29, 1.82) is 0 Å². The van der Waals surface area contributed by atoms with Crippen LogP contribution < -0.4 is 27.0 Å². The molecule has 1 aromatic carbocycles. The minimum atomic E-state index is -1.19. The summed E-state index contributed by atoms with van der Waals surface area (Å²) in [6, 6.07) is 2.80. The summed E-state index contributed by atoms with van der Waals surface area (Å²) in [7, 11) is 0. The van der Waals surface area contributed by atoms with Gasteiger partial charge in [-0.1, -0.05) is 12.1 Å². The minimum absolute atomic E-state index is 0.0770. The summed E-state index contributed by atoms with van der Waals surface area (Å²) >= 11 is 0. The highest BCUT2D eigenvalue weighted by molar-refractivity contribution is 5.94. The number of phenolic OH excluding ortho intramolecular Hbond substituents is 1. The fraction of sp³-hybridized carbons (Fsp3) is 0.565. The Hall–Kier alpha value is -3.18. The van der Waals surface area contributed by atoms with Crippen LogP contribution >= 0.6 is 0 Å². The number of carboxylic acid groups (broad SMARTS) is 1. The summed E-state index contributed by atoms with van der Waals surface area (Å²) in [5, 5.41) is 29.5. The van der Waals surface area contributed by atoms with E-state index in [2.05, 4.69) is 21.3 Å². The van der Waals surface area contributed by atoms with E-state index in [0.29, 0.717) is 31.4 Å². The van der Waals surface area contributed by atoms with Crippen molar-refractivity contribution in [3.8, 4) is 5.75 Å². The Bertz CT molecular complexity index is 841. The molecule has 4 atom stereocenters. The number of aromatic hydroxyl groups is 1. The average Bonchev–Trinajstić information content (AvgIpc) is 3.34. The molecule has 1 aliphatic heterocycles. The number of unbranched alkanes of at least 4 members (excludes halogenated alkanes) is 1. The van der Waals surface area contributed by atoms with Crippen LogP contribution in [-0.2, 0) is 25.6 Å². The molecule has 0 aliphatic carbocycles. The third-order valence-electron chi connectivity index (χ3n) is 5.70. The van der Waals surface area contributed by atoms with E-state index in [1.807, 2.05) is 0 Å². The lowest BCUT2D eigenvalue weighted by molar-refractivity contribution is -0.141. The number of hydrogen-bond donors (Lipinski definition) is 7. The Morgan fingerprint density at radius 3 is 2.32 bits per heavy atom.